The van der Waals surface area contributed by atoms with Crippen molar-refractivity contribution in [3.05, 3.63) is 0 Å². The average Bonchev–Trinajstić information content (AvgIpc) is 2.97. The number of esters is 1. The van der Waals surface area contributed by atoms with E-state index in [0.717, 1.165) is 18.6 Å². The van der Waals surface area contributed by atoms with Crippen LogP contribution in [-0.4, -0.2) is 43.1 Å². The van der Waals surface area contributed by atoms with Crippen molar-refractivity contribution >= 4 is 17.7 Å². The van der Waals surface area contributed by atoms with Crippen molar-refractivity contribution < 1.29 is 19.4 Å². The predicted molar refractivity (Wildman–Crippen MR) is 58.6 cm³/mol. The van der Waals surface area contributed by atoms with E-state index in [1.54, 1.807) is 11.8 Å². The Morgan fingerprint density at radius 2 is 2.20 bits per heavy atom. The number of hydrogen-bond acceptors (Lipinski definition) is 5. The van der Waals surface area contributed by atoms with Gasteiger partial charge >= 0.3 is 5.97 Å². The van der Waals surface area contributed by atoms with Crippen molar-refractivity contribution in [3.63, 3.8) is 0 Å². The first-order valence-electron chi connectivity index (χ1n) is 4.97. The molecule has 1 atom stereocenters. The molecule has 1 aliphatic rings. The first-order valence-corrected chi connectivity index (χ1v) is 6.13. The highest BCUT2D eigenvalue weighted by atomic mass is 32.2. The summed E-state index contributed by atoms with van der Waals surface area (Å²) in [5.41, 5.74) is 0.189. The number of methoxy groups -OCH3 is 2. The molecule has 0 aromatic rings. The summed E-state index contributed by atoms with van der Waals surface area (Å²) in [4.78, 5) is 10.9. The molecule has 0 saturated heterocycles. The summed E-state index contributed by atoms with van der Waals surface area (Å²) in [5.74, 6) is 1.09. The molecule has 1 aliphatic carbocycles. The molecule has 88 valence electrons. The monoisotopic (exact) mass is 234 g/mol. The van der Waals surface area contributed by atoms with Gasteiger partial charge in [-0.2, -0.15) is 0 Å². The number of carbonyl (C=O) groups excluding carboxylic acids is 1. The van der Waals surface area contributed by atoms with Crippen LogP contribution in [-0.2, 0) is 14.3 Å². The zero-order valence-corrected chi connectivity index (χ0v) is 10.0. The minimum absolute atomic E-state index is 0.189. The van der Waals surface area contributed by atoms with E-state index < -0.39 is 6.29 Å². The summed E-state index contributed by atoms with van der Waals surface area (Å²) >= 11 is 1.57. The van der Waals surface area contributed by atoms with Gasteiger partial charge in [0, 0.05) is 13.5 Å². The Morgan fingerprint density at radius 3 is 2.67 bits per heavy atom. The quantitative estimate of drug-likeness (QED) is 0.526. The zero-order chi connectivity index (χ0) is 11.3. The fourth-order valence-electron chi connectivity index (χ4n) is 1.45. The molecular formula is C10H18O4S. The normalized spacial score (nSPS) is 19.7. The number of aliphatic hydroxyl groups excluding tert-OH is 1. The summed E-state index contributed by atoms with van der Waals surface area (Å²) in [7, 11) is 2.90. The van der Waals surface area contributed by atoms with E-state index in [-0.39, 0.29) is 11.4 Å². The first kappa shape index (κ1) is 12.8. The Labute approximate surface area is 94.3 Å². The van der Waals surface area contributed by atoms with Crippen LogP contribution in [0.3, 0.4) is 0 Å². The van der Waals surface area contributed by atoms with Crippen LogP contribution >= 0.6 is 11.8 Å². The van der Waals surface area contributed by atoms with Crippen LogP contribution in [0.2, 0.25) is 0 Å². The molecule has 5 heteroatoms. The lowest BCUT2D eigenvalue weighted by molar-refractivity contribution is -0.137. The van der Waals surface area contributed by atoms with Gasteiger partial charge in [-0.3, -0.25) is 4.79 Å². The minimum Gasteiger partial charge on any atom is -0.468 e. The Balaban J connectivity index is 2.17. The van der Waals surface area contributed by atoms with Gasteiger partial charge in [-0.25, -0.2) is 0 Å². The van der Waals surface area contributed by atoms with Gasteiger partial charge in [-0.15, -0.1) is 11.8 Å². The van der Waals surface area contributed by atoms with Crippen LogP contribution < -0.4 is 0 Å². The van der Waals surface area contributed by atoms with Gasteiger partial charge in [-0.05, 0) is 24.0 Å². The molecular weight excluding hydrogens is 216 g/mol. The van der Waals surface area contributed by atoms with Crippen molar-refractivity contribution in [1.29, 1.82) is 0 Å². The summed E-state index contributed by atoms with van der Waals surface area (Å²) < 4.78 is 9.38. The van der Waals surface area contributed by atoms with E-state index >= 15 is 0 Å². The van der Waals surface area contributed by atoms with Crippen molar-refractivity contribution in [2.75, 3.05) is 25.7 Å². The van der Waals surface area contributed by atoms with Gasteiger partial charge in [0.15, 0.2) is 6.29 Å². The van der Waals surface area contributed by atoms with Gasteiger partial charge in [0.1, 0.15) is 0 Å². The molecule has 0 radical (unpaired) electrons. The van der Waals surface area contributed by atoms with E-state index in [9.17, 15) is 9.90 Å². The third kappa shape index (κ3) is 4.40. The van der Waals surface area contributed by atoms with E-state index in [4.69, 9.17) is 4.74 Å². The largest absolute Gasteiger partial charge is 0.468 e. The Kier molecular flexibility index (Phi) is 4.89. The van der Waals surface area contributed by atoms with Crippen molar-refractivity contribution in [3.8, 4) is 0 Å². The summed E-state index contributed by atoms with van der Waals surface area (Å²) in [5, 5.41) is 9.37. The van der Waals surface area contributed by atoms with Gasteiger partial charge in [0.25, 0.3) is 0 Å². The van der Waals surface area contributed by atoms with Gasteiger partial charge in [-0.1, -0.05) is 0 Å². The number of hydrogen-bond donors (Lipinski definition) is 1. The van der Waals surface area contributed by atoms with Crippen LogP contribution in [0, 0.1) is 5.41 Å². The summed E-state index contributed by atoms with van der Waals surface area (Å²) in [6.45, 7) is 0. The molecule has 1 rings (SSSR count). The topological polar surface area (TPSA) is 55.8 Å². The number of aliphatic hydroxyl groups is 1. The maximum Gasteiger partial charge on any atom is 0.315 e. The molecule has 1 fully saturated rings. The lowest BCUT2D eigenvalue weighted by Gasteiger charge is -2.17. The molecule has 0 aliphatic heterocycles. The fourth-order valence-corrected chi connectivity index (χ4v) is 2.67. The molecule has 0 spiro atoms. The number of thioether (sulfide) groups is 1. The van der Waals surface area contributed by atoms with Crippen molar-refractivity contribution in [2.24, 2.45) is 5.41 Å². The molecule has 4 nitrogen and oxygen atoms in total. The van der Waals surface area contributed by atoms with Crippen LogP contribution in [0.4, 0.5) is 0 Å². The summed E-state index contributed by atoms with van der Waals surface area (Å²) in [6, 6.07) is 0. The van der Waals surface area contributed by atoms with Gasteiger partial charge < -0.3 is 14.6 Å². The molecule has 1 unspecified atom stereocenters. The second kappa shape index (κ2) is 5.72. The highest BCUT2D eigenvalue weighted by molar-refractivity contribution is 7.99. The fraction of sp³-hybridized carbons (Fsp3) is 0.900. The lowest BCUT2D eigenvalue weighted by Crippen LogP contribution is -2.18. The number of ether oxygens (including phenoxy) is 2. The third-order valence-electron chi connectivity index (χ3n) is 2.69. The van der Waals surface area contributed by atoms with Crippen LogP contribution in [0.5, 0.6) is 0 Å². The second-order valence-corrected chi connectivity index (χ2v) is 4.95. The molecule has 0 bridgehead atoms. The standard InChI is InChI=1S/C10H18O4S/c1-13-8(11)5-10(3-4-10)7-15-6-9(12)14-2/h8,11H,3-7H2,1-2H3. The molecule has 1 N–H and O–H groups in total. The number of rotatable bonds is 7. The summed E-state index contributed by atoms with van der Waals surface area (Å²) in [6.07, 6.45) is 2.21. The van der Waals surface area contributed by atoms with Crippen LogP contribution in [0.15, 0.2) is 0 Å². The Hall–Kier alpha value is -0.260. The molecule has 1 saturated carbocycles. The lowest BCUT2D eigenvalue weighted by atomic mass is 10.1. The van der Waals surface area contributed by atoms with Gasteiger partial charge in [0.05, 0.1) is 12.9 Å². The first-order chi connectivity index (χ1) is 7.12. The maximum absolute atomic E-state index is 10.9. The SMILES string of the molecule is COC(=O)CSCC1(CC(O)OC)CC1. The smallest absolute Gasteiger partial charge is 0.315 e. The zero-order valence-electron chi connectivity index (χ0n) is 9.19. The van der Waals surface area contributed by atoms with Gasteiger partial charge in [0.2, 0.25) is 0 Å². The Morgan fingerprint density at radius 1 is 1.53 bits per heavy atom. The molecule has 0 heterocycles. The third-order valence-corrected chi connectivity index (χ3v) is 3.95. The predicted octanol–water partition coefficient (Wildman–Crippen LogP) is 1.03. The molecule has 0 aromatic carbocycles. The highest BCUT2D eigenvalue weighted by Gasteiger charge is 2.43. The van der Waals surface area contributed by atoms with Crippen LogP contribution in [0.1, 0.15) is 19.3 Å². The Bertz CT molecular complexity index is 215. The molecule has 0 amide bonds. The van der Waals surface area contributed by atoms with Crippen molar-refractivity contribution in [2.45, 2.75) is 25.6 Å². The van der Waals surface area contributed by atoms with E-state index in [0.29, 0.717) is 12.2 Å². The maximum atomic E-state index is 10.9. The van der Waals surface area contributed by atoms with E-state index in [2.05, 4.69) is 4.74 Å². The van der Waals surface area contributed by atoms with E-state index in [1.807, 2.05) is 0 Å². The number of carbonyl (C=O) groups is 1. The molecule has 0 aromatic heterocycles. The van der Waals surface area contributed by atoms with Crippen molar-refractivity contribution in [1.82, 2.24) is 0 Å². The highest BCUT2D eigenvalue weighted by Crippen LogP contribution is 2.51. The minimum atomic E-state index is -0.675. The van der Waals surface area contributed by atoms with Crippen LogP contribution in [0.25, 0.3) is 0 Å². The van der Waals surface area contributed by atoms with E-state index in [1.165, 1.54) is 14.2 Å². The second-order valence-electron chi connectivity index (χ2n) is 3.96. The average molecular weight is 234 g/mol. The molecule has 15 heavy (non-hydrogen) atoms.